The molecule has 1 aromatic carbocycles. The minimum Gasteiger partial charge on any atom is -0.196 e. The number of hydrogen-bond donors (Lipinski definition) is 0. The lowest BCUT2D eigenvalue weighted by atomic mass is 9.96. The number of benzene rings is 1. The molecule has 0 aliphatic rings. The number of nitrogens with zero attached hydrogens (tertiary/aromatic N) is 4. The van der Waals surface area contributed by atoms with E-state index in [1.807, 2.05) is 24.3 Å². The Labute approximate surface area is 103 Å². The van der Waals surface area contributed by atoms with Crippen LogP contribution < -0.4 is 0 Å². The highest BCUT2D eigenvalue weighted by atomic mass is 79.9. The Hall–Kier alpha value is -1.23. The molecule has 0 unspecified atom stereocenters. The average Bonchev–Trinajstić information content (AvgIpc) is 2.66. The van der Waals surface area contributed by atoms with Gasteiger partial charge in [0.15, 0.2) is 5.82 Å². The van der Waals surface area contributed by atoms with E-state index in [1.165, 1.54) is 0 Å². The molecule has 0 saturated heterocycles. The van der Waals surface area contributed by atoms with Gasteiger partial charge in [-0.1, -0.05) is 32.9 Å². The van der Waals surface area contributed by atoms with Crippen molar-refractivity contribution in [2.24, 2.45) is 0 Å². The fraction of sp³-hybridized carbons (Fsp3) is 0.364. The fourth-order valence-electron chi connectivity index (χ4n) is 1.44. The third-order valence-electron chi connectivity index (χ3n) is 2.22. The maximum Gasteiger partial charge on any atom is 0.162 e. The highest BCUT2D eigenvalue weighted by Crippen LogP contribution is 2.25. The molecule has 0 aliphatic heterocycles. The summed E-state index contributed by atoms with van der Waals surface area (Å²) in [6.07, 6.45) is 0. The smallest absolute Gasteiger partial charge is 0.162 e. The second-order valence-corrected chi connectivity index (χ2v) is 5.47. The zero-order chi connectivity index (χ0) is 11.8. The minimum absolute atomic E-state index is 0.0845. The van der Waals surface area contributed by atoms with Gasteiger partial charge in [-0.05, 0) is 38.5 Å². The summed E-state index contributed by atoms with van der Waals surface area (Å²) in [7, 11) is 0. The molecule has 84 valence electrons. The predicted molar refractivity (Wildman–Crippen MR) is 65.6 cm³/mol. The lowest BCUT2D eigenvalue weighted by Crippen LogP contribution is -2.19. The van der Waals surface area contributed by atoms with Crippen molar-refractivity contribution in [1.29, 1.82) is 0 Å². The first-order valence-corrected chi connectivity index (χ1v) is 5.83. The van der Waals surface area contributed by atoms with Crippen LogP contribution in [-0.2, 0) is 5.41 Å². The molecule has 0 amide bonds. The lowest BCUT2D eigenvalue weighted by molar-refractivity contribution is 0.525. The number of aromatic nitrogens is 4. The van der Waals surface area contributed by atoms with Gasteiger partial charge >= 0.3 is 0 Å². The second-order valence-electron chi connectivity index (χ2n) is 4.62. The van der Waals surface area contributed by atoms with Crippen molar-refractivity contribution in [3.05, 3.63) is 34.6 Å². The van der Waals surface area contributed by atoms with E-state index in [9.17, 15) is 0 Å². The van der Waals surface area contributed by atoms with Crippen LogP contribution in [0.2, 0.25) is 0 Å². The Morgan fingerprint density at radius 3 is 2.50 bits per heavy atom. The van der Waals surface area contributed by atoms with E-state index >= 15 is 0 Å². The van der Waals surface area contributed by atoms with Gasteiger partial charge in [0.1, 0.15) is 0 Å². The summed E-state index contributed by atoms with van der Waals surface area (Å²) in [6.45, 7) is 6.27. The molecular weight excluding hydrogens is 268 g/mol. The van der Waals surface area contributed by atoms with Crippen molar-refractivity contribution in [2.45, 2.75) is 26.2 Å². The summed E-state index contributed by atoms with van der Waals surface area (Å²) < 4.78 is 2.75. The maximum absolute atomic E-state index is 4.09. The molecule has 1 heterocycles. The van der Waals surface area contributed by atoms with E-state index in [0.717, 1.165) is 16.0 Å². The van der Waals surface area contributed by atoms with E-state index in [-0.39, 0.29) is 5.41 Å². The molecule has 4 nitrogen and oxygen atoms in total. The zero-order valence-corrected chi connectivity index (χ0v) is 11.1. The summed E-state index contributed by atoms with van der Waals surface area (Å²) in [6, 6.07) is 7.89. The highest BCUT2D eigenvalue weighted by Gasteiger charge is 2.23. The van der Waals surface area contributed by atoms with Crippen molar-refractivity contribution in [1.82, 2.24) is 20.2 Å². The van der Waals surface area contributed by atoms with Gasteiger partial charge in [-0.2, -0.15) is 4.68 Å². The van der Waals surface area contributed by atoms with Gasteiger partial charge in [-0.25, -0.2) is 0 Å². The van der Waals surface area contributed by atoms with Crippen molar-refractivity contribution in [2.75, 3.05) is 0 Å². The lowest BCUT2D eigenvalue weighted by Gasteiger charge is -2.17. The maximum atomic E-state index is 4.09. The van der Waals surface area contributed by atoms with Crippen LogP contribution in [0.15, 0.2) is 28.7 Å². The van der Waals surface area contributed by atoms with Crippen LogP contribution in [0.5, 0.6) is 0 Å². The van der Waals surface area contributed by atoms with Crippen molar-refractivity contribution in [3.63, 3.8) is 0 Å². The number of hydrogen-bond acceptors (Lipinski definition) is 3. The third kappa shape index (κ3) is 2.00. The Balaban J connectivity index is 2.58. The number of tetrazole rings is 1. The largest absolute Gasteiger partial charge is 0.196 e. The van der Waals surface area contributed by atoms with Gasteiger partial charge in [0, 0.05) is 9.89 Å². The minimum atomic E-state index is -0.0845. The quantitative estimate of drug-likeness (QED) is 0.807. The van der Waals surface area contributed by atoms with Gasteiger partial charge in [-0.15, -0.1) is 5.10 Å². The Morgan fingerprint density at radius 2 is 1.88 bits per heavy atom. The van der Waals surface area contributed by atoms with Crippen molar-refractivity contribution in [3.8, 4) is 5.69 Å². The molecule has 0 radical (unpaired) electrons. The zero-order valence-electron chi connectivity index (χ0n) is 9.48. The van der Waals surface area contributed by atoms with Gasteiger partial charge in [0.05, 0.1) is 5.69 Å². The second kappa shape index (κ2) is 3.97. The molecule has 16 heavy (non-hydrogen) atoms. The number of rotatable bonds is 1. The normalized spacial score (nSPS) is 11.8. The van der Waals surface area contributed by atoms with E-state index in [1.54, 1.807) is 4.68 Å². The summed E-state index contributed by atoms with van der Waals surface area (Å²) in [5, 5.41) is 11.9. The number of para-hydroxylation sites is 1. The Morgan fingerprint density at radius 1 is 1.19 bits per heavy atom. The van der Waals surface area contributed by atoms with Gasteiger partial charge < -0.3 is 0 Å². The molecule has 0 atom stereocenters. The molecule has 2 rings (SSSR count). The molecule has 1 aromatic heterocycles. The molecule has 0 bridgehead atoms. The van der Waals surface area contributed by atoms with Crippen LogP contribution in [0, 0.1) is 0 Å². The Bertz CT molecular complexity index is 499. The standard InChI is InChI=1S/C11H13BrN4/c1-11(2,3)10-13-14-15-16(10)9-7-5-4-6-8(9)12/h4-7H,1-3H3. The Kier molecular flexibility index (Phi) is 2.80. The summed E-state index contributed by atoms with van der Waals surface area (Å²) in [5.41, 5.74) is 0.871. The summed E-state index contributed by atoms with van der Waals surface area (Å²) in [5.74, 6) is 0.847. The number of halogens is 1. The molecule has 2 aromatic rings. The van der Waals surface area contributed by atoms with E-state index in [2.05, 4.69) is 52.2 Å². The van der Waals surface area contributed by atoms with Gasteiger partial charge in [0.25, 0.3) is 0 Å². The van der Waals surface area contributed by atoms with Crippen molar-refractivity contribution < 1.29 is 0 Å². The molecular formula is C11H13BrN4. The first-order valence-electron chi connectivity index (χ1n) is 5.04. The predicted octanol–water partition coefficient (Wildman–Crippen LogP) is 2.72. The van der Waals surface area contributed by atoms with Gasteiger partial charge in [0.2, 0.25) is 0 Å². The van der Waals surface area contributed by atoms with Crippen molar-refractivity contribution >= 4 is 15.9 Å². The molecule has 0 N–H and O–H groups in total. The van der Waals surface area contributed by atoms with Gasteiger partial charge in [-0.3, -0.25) is 0 Å². The SMILES string of the molecule is CC(C)(C)c1nnnn1-c1ccccc1Br. The van der Waals surface area contributed by atoms with Crippen LogP contribution >= 0.6 is 15.9 Å². The fourth-order valence-corrected chi connectivity index (χ4v) is 1.89. The average molecular weight is 281 g/mol. The van der Waals surface area contributed by atoms with E-state index < -0.39 is 0 Å². The summed E-state index contributed by atoms with van der Waals surface area (Å²) >= 11 is 3.50. The van der Waals surface area contributed by atoms with E-state index in [4.69, 9.17) is 0 Å². The first-order chi connectivity index (χ1) is 7.50. The molecule has 0 aliphatic carbocycles. The monoisotopic (exact) mass is 280 g/mol. The van der Waals surface area contributed by atoms with Crippen LogP contribution in [-0.4, -0.2) is 20.2 Å². The van der Waals surface area contributed by atoms with Crippen LogP contribution in [0.1, 0.15) is 26.6 Å². The van der Waals surface area contributed by atoms with E-state index in [0.29, 0.717) is 0 Å². The first kappa shape index (κ1) is 11.3. The molecule has 0 saturated carbocycles. The van der Waals surface area contributed by atoms with Crippen LogP contribution in [0.3, 0.4) is 0 Å². The highest BCUT2D eigenvalue weighted by molar-refractivity contribution is 9.10. The topological polar surface area (TPSA) is 43.6 Å². The molecule has 5 heteroatoms. The summed E-state index contributed by atoms with van der Waals surface area (Å²) in [4.78, 5) is 0. The molecule has 0 fully saturated rings. The van der Waals surface area contributed by atoms with Crippen LogP contribution in [0.25, 0.3) is 5.69 Å². The third-order valence-corrected chi connectivity index (χ3v) is 2.89. The molecule has 0 spiro atoms. The van der Waals surface area contributed by atoms with Crippen LogP contribution in [0.4, 0.5) is 0 Å².